The number of anilines is 1. The summed E-state index contributed by atoms with van der Waals surface area (Å²) in [6.07, 6.45) is 2.63. The van der Waals surface area contributed by atoms with Gasteiger partial charge in [-0.25, -0.2) is 8.42 Å². The Balaban J connectivity index is 2.03. The lowest BCUT2D eigenvalue weighted by Gasteiger charge is -2.32. The molecule has 0 radical (unpaired) electrons. The van der Waals surface area contributed by atoms with Crippen LogP contribution in [0, 0.1) is 6.92 Å². The Hall–Kier alpha value is -2.72. The molecule has 1 atom stereocenters. The van der Waals surface area contributed by atoms with Gasteiger partial charge in [0.1, 0.15) is 12.6 Å². The number of amides is 2. The van der Waals surface area contributed by atoms with E-state index in [1.165, 1.54) is 28.8 Å². The summed E-state index contributed by atoms with van der Waals surface area (Å²) in [5.41, 5.74) is 1.85. The molecule has 0 aliphatic carbocycles. The first kappa shape index (κ1) is 31.8. The van der Waals surface area contributed by atoms with E-state index in [1.807, 2.05) is 20.1 Å². The number of hydrogen-bond donors (Lipinski definition) is 1. The Kier molecular flexibility index (Phi) is 11.3. The average Bonchev–Trinajstić information content (AvgIpc) is 2.94. The molecule has 7 nitrogen and oxygen atoms in total. The van der Waals surface area contributed by atoms with Crippen LogP contribution in [0.1, 0.15) is 31.4 Å². The molecule has 11 heteroatoms. The van der Waals surface area contributed by atoms with Crippen LogP contribution in [-0.2, 0) is 26.2 Å². The molecule has 0 spiro atoms. The van der Waals surface area contributed by atoms with Crippen molar-refractivity contribution in [3.63, 3.8) is 0 Å². The first-order chi connectivity index (χ1) is 19.0. The zero-order chi connectivity index (χ0) is 29.4. The maximum absolute atomic E-state index is 13.9. The molecule has 1 N–H and O–H groups in total. The number of halogens is 2. The van der Waals surface area contributed by atoms with Gasteiger partial charge in [-0.15, -0.1) is 11.8 Å². The Morgan fingerprint density at radius 2 is 1.65 bits per heavy atom. The summed E-state index contributed by atoms with van der Waals surface area (Å²) < 4.78 is 28.9. The predicted molar refractivity (Wildman–Crippen MR) is 164 cm³/mol. The van der Waals surface area contributed by atoms with Crippen molar-refractivity contribution in [1.82, 2.24) is 10.2 Å². The number of carbonyl (C=O) groups is 2. The lowest BCUT2D eigenvalue weighted by Crippen LogP contribution is -2.51. The van der Waals surface area contributed by atoms with Crippen molar-refractivity contribution >= 4 is 62.5 Å². The van der Waals surface area contributed by atoms with Crippen LogP contribution in [0.4, 0.5) is 5.69 Å². The van der Waals surface area contributed by atoms with Gasteiger partial charge in [-0.2, -0.15) is 0 Å². The van der Waals surface area contributed by atoms with Crippen molar-refractivity contribution < 1.29 is 18.0 Å². The first-order valence-corrected chi connectivity index (χ1v) is 16.1. The minimum atomic E-state index is -4.13. The van der Waals surface area contributed by atoms with Gasteiger partial charge in [-0.1, -0.05) is 53.9 Å². The molecule has 0 unspecified atom stereocenters. The highest BCUT2D eigenvalue weighted by Crippen LogP contribution is 2.27. The minimum Gasteiger partial charge on any atom is -0.354 e. The summed E-state index contributed by atoms with van der Waals surface area (Å²) in [5.74, 6) is -0.910. The van der Waals surface area contributed by atoms with E-state index in [1.54, 1.807) is 61.5 Å². The molecule has 3 rings (SSSR count). The maximum atomic E-state index is 13.9. The van der Waals surface area contributed by atoms with Gasteiger partial charge >= 0.3 is 0 Å². The molecule has 3 aromatic rings. The van der Waals surface area contributed by atoms with Crippen LogP contribution in [0.25, 0.3) is 0 Å². The molecule has 0 fully saturated rings. The van der Waals surface area contributed by atoms with E-state index in [0.717, 1.165) is 21.2 Å². The van der Waals surface area contributed by atoms with Crippen molar-refractivity contribution in [2.24, 2.45) is 0 Å². The van der Waals surface area contributed by atoms with E-state index in [4.69, 9.17) is 23.2 Å². The van der Waals surface area contributed by atoms with Crippen LogP contribution in [0.5, 0.6) is 0 Å². The summed E-state index contributed by atoms with van der Waals surface area (Å²) >= 11 is 14.0. The van der Waals surface area contributed by atoms with Crippen molar-refractivity contribution in [2.75, 3.05) is 23.7 Å². The Labute approximate surface area is 250 Å². The molecule has 0 aliphatic heterocycles. The van der Waals surface area contributed by atoms with Gasteiger partial charge in [-0.05, 0) is 80.6 Å². The molecular weight excluding hydrogens is 589 g/mol. The number of nitrogens with one attached hydrogen (secondary N) is 1. The second kappa shape index (κ2) is 14.3. The van der Waals surface area contributed by atoms with Gasteiger partial charge in [0.2, 0.25) is 11.8 Å². The number of nitrogens with zero attached hydrogens (tertiary/aromatic N) is 2. The highest BCUT2D eigenvalue weighted by molar-refractivity contribution is 7.98. The third kappa shape index (κ3) is 7.94. The van der Waals surface area contributed by atoms with Gasteiger partial charge in [0.25, 0.3) is 10.0 Å². The number of sulfonamides is 1. The minimum absolute atomic E-state index is 0.0141. The van der Waals surface area contributed by atoms with Gasteiger partial charge in [0.15, 0.2) is 0 Å². The van der Waals surface area contributed by atoms with Crippen LogP contribution >= 0.6 is 35.0 Å². The highest BCUT2D eigenvalue weighted by atomic mass is 35.5. The normalized spacial score (nSPS) is 12.1. The number of benzene rings is 3. The van der Waals surface area contributed by atoms with Crippen LogP contribution in [-0.4, -0.2) is 50.5 Å². The summed E-state index contributed by atoms with van der Waals surface area (Å²) in [6, 6.07) is 17.4. The van der Waals surface area contributed by atoms with Crippen molar-refractivity contribution in [2.45, 2.75) is 49.6 Å². The summed E-state index contributed by atoms with van der Waals surface area (Å²) in [5, 5.41) is 3.59. The fraction of sp³-hybridized carbons (Fsp3) is 0.310. The van der Waals surface area contributed by atoms with E-state index in [2.05, 4.69) is 5.32 Å². The van der Waals surface area contributed by atoms with Gasteiger partial charge < -0.3 is 10.2 Å². The van der Waals surface area contributed by atoms with Crippen molar-refractivity contribution in [3.8, 4) is 0 Å². The van der Waals surface area contributed by atoms with Gasteiger partial charge in [-0.3, -0.25) is 13.9 Å². The van der Waals surface area contributed by atoms with Crippen LogP contribution < -0.4 is 9.62 Å². The summed E-state index contributed by atoms with van der Waals surface area (Å²) in [6.45, 7) is 5.34. The van der Waals surface area contributed by atoms with E-state index in [9.17, 15) is 18.0 Å². The van der Waals surface area contributed by atoms with Crippen molar-refractivity contribution in [1.29, 1.82) is 0 Å². The Bertz CT molecular complexity index is 1430. The molecule has 0 saturated heterocycles. The molecule has 0 heterocycles. The monoisotopic (exact) mass is 621 g/mol. The van der Waals surface area contributed by atoms with E-state index in [0.29, 0.717) is 27.8 Å². The second-order valence-corrected chi connectivity index (χ2v) is 12.8. The van der Waals surface area contributed by atoms with Crippen LogP contribution in [0.3, 0.4) is 0 Å². The molecule has 0 aliphatic rings. The van der Waals surface area contributed by atoms with Gasteiger partial charge in [0, 0.05) is 28.0 Å². The Morgan fingerprint density at radius 3 is 2.23 bits per heavy atom. The smallest absolute Gasteiger partial charge is 0.264 e. The maximum Gasteiger partial charge on any atom is 0.264 e. The highest BCUT2D eigenvalue weighted by Gasteiger charge is 2.32. The van der Waals surface area contributed by atoms with Crippen LogP contribution in [0.2, 0.25) is 10.0 Å². The van der Waals surface area contributed by atoms with Crippen LogP contribution in [0.15, 0.2) is 76.5 Å². The molecule has 0 saturated carbocycles. The lowest BCUT2D eigenvalue weighted by molar-refractivity contribution is -0.139. The predicted octanol–water partition coefficient (Wildman–Crippen LogP) is 6.16. The molecule has 0 aromatic heterocycles. The number of aryl methyl sites for hydroxylation is 1. The summed E-state index contributed by atoms with van der Waals surface area (Å²) in [7, 11) is -4.13. The summed E-state index contributed by atoms with van der Waals surface area (Å²) in [4.78, 5) is 29.2. The number of carbonyl (C=O) groups excluding carboxylic acids is 2. The molecular formula is C29H33Cl2N3O4S2. The molecule has 2 amide bonds. The Morgan fingerprint density at radius 1 is 1.00 bits per heavy atom. The quantitative estimate of drug-likeness (QED) is 0.245. The topological polar surface area (TPSA) is 86.8 Å². The SMILES string of the molecule is CCCNC(=O)[C@@H](C)N(Cc1ccc(Cl)cc1Cl)C(=O)CN(c1ccc(C)cc1)S(=O)(=O)c1ccc(SC)cc1. The van der Waals surface area contributed by atoms with E-state index < -0.39 is 28.5 Å². The van der Waals surface area contributed by atoms with Gasteiger partial charge in [0.05, 0.1) is 10.6 Å². The zero-order valence-electron chi connectivity index (χ0n) is 22.9. The first-order valence-electron chi connectivity index (χ1n) is 12.7. The van der Waals surface area contributed by atoms with E-state index >= 15 is 0 Å². The third-order valence-corrected chi connectivity index (χ3v) is 9.44. The average molecular weight is 623 g/mol. The molecule has 3 aromatic carbocycles. The van der Waals surface area contributed by atoms with Crippen molar-refractivity contribution in [3.05, 3.63) is 87.9 Å². The third-order valence-electron chi connectivity index (χ3n) is 6.32. The fourth-order valence-corrected chi connectivity index (χ4v) is 6.22. The molecule has 214 valence electrons. The molecule has 0 bridgehead atoms. The van der Waals surface area contributed by atoms with E-state index in [-0.39, 0.29) is 17.3 Å². The zero-order valence-corrected chi connectivity index (χ0v) is 26.0. The fourth-order valence-electron chi connectivity index (χ4n) is 3.93. The molecule has 40 heavy (non-hydrogen) atoms. The number of rotatable bonds is 12. The lowest BCUT2D eigenvalue weighted by atomic mass is 10.1. The largest absolute Gasteiger partial charge is 0.354 e. The second-order valence-electron chi connectivity index (χ2n) is 9.25. The number of thioether (sulfide) groups is 1. The number of hydrogen-bond acceptors (Lipinski definition) is 5. The standard InChI is InChI=1S/C29H33Cl2N3O4S2/c1-5-16-32-29(36)21(3)33(18-22-8-9-23(30)17-27(22)31)28(35)19-34(24-10-6-20(2)7-11-24)40(37,38)26-14-12-25(39-4)13-15-26/h6-15,17,21H,5,16,18-19H2,1-4H3,(H,32,36)/t21-/m1/s1.